The zero-order valence-corrected chi connectivity index (χ0v) is 15.9. The standard InChI is InChI=1S/C19H23ClN4S/c1-14-5-4-7-17(18(14)20)23-19(25)22-15-8-11-24(12-9-15)13-16-6-2-3-10-21-16/h2-7,10,15H,8-9,11-13H2,1H3,(H2,22,23,25). The molecule has 0 amide bonds. The van der Waals surface area contributed by atoms with Crippen molar-refractivity contribution in [3.8, 4) is 0 Å². The van der Waals surface area contributed by atoms with E-state index < -0.39 is 0 Å². The van der Waals surface area contributed by atoms with Crippen LogP contribution in [0.1, 0.15) is 24.1 Å². The molecule has 25 heavy (non-hydrogen) atoms. The lowest BCUT2D eigenvalue weighted by Crippen LogP contribution is -2.45. The predicted molar refractivity (Wildman–Crippen MR) is 108 cm³/mol. The minimum atomic E-state index is 0.392. The molecule has 4 nitrogen and oxygen atoms in total. The van der Waals surface area contributed by atoms with E-state index in [9.17, 15) is 0 Å². The van der Waals surface area contributed by atoms with Gasteiger partial charge in [0, 0.05) is 31.9 Å². The number of rotatable bonds is 4. The number of hydrogen-bond donors (Lipinski definition) is 2. The van der Waals surface area contributed by atoms with Crippen molar-refractivity contribution in [3.05, 3.63) is 58.9 Å². The van der Waals surface area contributed by atoms with Gasteiger partial charge in [-0.15, -0.1) is 0 Å². The van der Waals surface area contributed by atoms with Gasteiger partial charge in [0.2, 0.25) is 0 Å². The van der Waals surface area contributed by atoms with E-state index in [1.54, 1.807) is 0 Å². The maximum atomic E-state index is 6.31. The summed E-state index contributed by atoms with van der Waals surface area (Å²) in [6, 6.07) is 12.4. The lowest BCUT2D eigenvalue weighted by Gasteiger charge is -2.32. The quantitative estimate of drug-likeness (QED) is 0.792. The van der Waals surface area contributed by atoms with Crippen molar-refractivity contribution in [1.29, 1.82) is 0 Å². The molecule has 2 N–H and O–H groups in total. The summed E-state index contributed by atoms with van der Waals surface area (Å²) in [7, 11) is 0. The fraction of sp³-hybridized carbons (Fsp3) is 0.368. The summed E-state index contributed by atoms with van der Waals surface area (Å²) in [5.41, 5.74) is 3.02. The first-order valence-electron chi connectivity index (χ1n) is 8.57. The van der Waals surface area contributed by atoms with Gasteiger partial charge in [-0.25, -0.2) is 0 Å². The number of thiocarbonyl (C=S) groups is 1. The van der Waals surface area contributed by atoms with Gasteiger partial charge in [0.25, 0.3) is 0 Å². The molecule has 1 aliphatic rings. The highest BCUT2D eigenvalue weighted by atomic mass is 35.5. The van der Waals surface area contributed by atoms with Crippen molar-refractivity contribution in [2.45, 2.75) is 32.4 Å². The lowest BCUT2D eigenvalue weighted by molar-refractivity contribution is 0.197. The highest BCUT2D eigenvalue weighted by Gasteiger charge is 2.20. The van der Waals surface area contributed by atoms with Gasteiger partial charge < -0.3 is 10.6 Å². The third kappa shape index (κ3) is 5.14. The van der Waals surface area contributed by atoms with Crippen LogP contribution in [-0.4, -0.2) is 34.1 Å². The number of piperidine rings is 1. The van der Waals surface area contributed by atoms with Gasteiger partial charge >= 0.3 is 0 Å². The van der Waals surface area contributed by atoms with E-state index in [1.807, 2.05) is 43.5 Å². The van der Waals surface area contributed by atoms with Crippen LogP contribution in [-0.2, 0) is 6.54 Å². The Labute approximate surface area is 159 Å². The van der Waals surface area contributed by atoms with Crippen LogP contribution < -0.4 is 10.6 Å². The Morgan fingerprint density at radius 2 is 2.04 bits per heavy atom. The van der Waals surface area contributed by atoms with Gasteiger partial charge in [0.1, 0.15) is 0 Å². The molecule has 0 radical (unpaired) electrons. The fourth-order valence-corrected chi connectivity index (χ4v) is 3.49. The van der Waals surface area contributed by atoms with Crippen molar-refractivity contribution in [3.63, 3.8) is 0 Å². The molecule has 0 saturated carbocycles. The lowest BCUT2D eigenvalue weighted by atomic mass is 10.1. The number of halogens is 1. The maximum Gasteiger partial charge on any atom is 0.171 e. The monoisotopic (exact) mass is 374 g/mol. The molecule has 0 bridgehead atoms. The number of anilines is 1. The molecule has 1 aliphatic heterocycles. The molecule has 1 saturated heterocycles. The van der Waals surface area contributed by atoms with Gasteiger partial charge in [-0.2, -0.15) is 0 Å². The Balaban J connectivity index is 1.45. The van der Waals surface area contributed by atoms with Crippen molar-refractivity contribution >= 4 is 34.6 Å². The Kier molecular flexibility index (Phi) is 6.24. The molecule has 1 fully saturated rings. The first-order valence-corrected chi connectivity index (χ1v) is 9.35. The Morgan fingerprint density at radius 3 is 2.76 bits per heavy atom. The third-order valence-electron chi connectivity index (χ3n) is 4.47. The minimum absolute atomic E-state index is 0.392. The summed E-state index contributed by atoms with van der Waals surface area (Å²) in [5, 5.41) is 7.99. The molecule has 1 aromatic carbocycles. The molecular formula is C19H23ClN4S. The smallest absolute Gasteiger partial charge is 0.171 e. The molecule has 2 aromatic rings. The summed E-state index contributed by atoms with van der Waals surface area (Å²) in [6.07, 6.45) is 3.98. The molecule has 1 aromatic heterocycles. The Morgan fingerprint density at radius 1 is 1.24 bits per heavy atom. The number of likely N-dealkylation sites (tertiary alicyclic amines) is 1. The zero-order chi connectivity index (χ0) is 17.6. The van der Waals surface area contributed by atoms with Gasteiger partial charge in [-0.1, -0.05) is 29.8 Å². The second-order valence-electron chi connectivity index (χ2n) is 6.41. The number of aryl methyl sites for hydroxylation is 1. The Hall–Kier alpha value is -1.69. The number of benzene rings is 1. The van der Waals surface area contributed by atoms with Crippen LogP contribution in [0.3, 0.4) is 0 Å². The van der Waals surface area contributed by atoms with E-state index >= 15 is 0 Å². The van der Waals surface area contributed by atoms with Crippen molar-refractivity contribution in [1.82, 2.24) is 15.2 Å². The highest BCUT2D eigenvalue weighted by molar-refractivity contribution is 7.80. The van der Waals surface area contributed by atoms with E-state index in [2.05, 4.69) is 26.6 Å². The van der Waals surface area contributed by atoms with Crippen LogP contribution in [0.25, 0.3) is 0 Å². The van der Waals surface area contributed by atoms with Crippen LogP contribution in [0.15, 0.2) is 42.6 Å². The molecule has 0 atom stereocenters. The van der Waals surface area contributed by atoms with Crippen molar-refractivity contribution < 1.29 is 0 Å². The fourth-order valence-electron chi connectivity index (χ4n) is 3.04. The summed E-state index contributed by atoms with van der Waals surface area (Å²) in [4.78, 5) is 6.84. The largest absolute Gasteiger partial charge is 0.360 e. The zero-order valence-electron chi connectivity index (χ0n) is 14.3. The average molecular weight is 375 g/mol. The topological polar surface area (TPSA) is 40.2 Å². The van der Waals surface area contributed by atoms with Crippen LogP contribution in [0.5, 0.6) is 0 Å². The first kappa shape index (κ1) is 18.1. The van der Waals surface area contributed by atoms with Gasteiger partial charge in [-0.3, -0.25) is 9.88 Å². The third-order valence-corrected chi connectivity index (χ3v) is 5.20. The van der Waals surface area contributed by atoms with Gasteiger partial charge in [-0.05, 0) is 55.7 Å². The average Bonchev–Trinajstić information content (AvgIpc) is 2.62. The minimum Gasteiger partial charge on any atom is -0.360 e. The highest BCUT2D eigenvalue weighted by Crippen LogP contribution is 2.25. The SMILES string of the molecule is Cc1cccc(NC(=S)NC2CCN(Cc3ccccn3)CC2)c1Cl. The molecule has 3 rings (SSSR count). The molecule has 6 heteroatoms. The Bertz CT molecular complexity index is 715. The van der Waals surface area contributed by atoms with E-state index in [1.165, 1.54) is 0 Å². The van der Waals surface area contributed by atoms with E-state index in [4.69, 9.17) is 23.8 Å². The number of aromatic nitrogens is 1. The van der Waals surface area contributed by atoms with E-state index in [0.29, 0.717) is 11.2 Å². The molecular weight excluding hydrogens is 352 g/mol. The summed E-state index contributed by atoms with van der Waals surface area (Å²) in [6.45, 7) is 4.99. The van der Waals surface area contributed by atoms with Crippen LogP contribution >= 0.6 is 23.8 Å². The van der Waals surface area contributed by atoms with Crippen LogP contribution in [0.4, 0.5) is 5.69 Å². The maximum absolute atomic E-state index is 6.31. The van der Waals surface area contributed by atoms with Gasteiger partial charge in [0.05, 0.1) is 16.4 Å². The van der Waals surface area contributed by atoms with E-state index in [-0.39, 0.29) is 0 Å². The molecule has 0 aliphatic carbocycles. The summed E-state index contributed by atoms with van der Waals surface area (Å²) < 4.78 is 0. The number of hydrogen-bond acceptors (Lipinski definition) is 3. The second-order valence-corrected chi connectivity index (χ2v) is 7.19. The predicted octanol–water partition coefficient (Wildman–Crippen LogP) is 3.99. The second kappa shape index (κ2) is 8.61. The van der Waals surface area contributed by atoms with Crippen LogP contribution in [0.2, 0.25) is 5.02 Å². The van der Waals surface area contributed by atoms with Gasteiger partial charge in [0.15, 0.2) is 5.11 Å². The van der Waals surface area contributed by atoms with Crippen LogP contribution in [0, 0.1) is 6.92 Å². The molecule has 0 spiro atoms. The summed E-state index contributed by atoms with van der Waals surface area (Å²) >= 11 is 11.8. The first-order chi connectivity index (χ1) is 12.1. The molecule has 2 heterocycles. The number of nitrogens with one attached hydrogen (secondary N) is 2. The summed E-state index contributed by atoms with van der Waals surface area (Å²) in [5.74, 6) is 0. The normalized spacial score (nSPS) is 15.8. The molecule has 132 valence electrons. The number of nitrogens with zero attached hydrogens (tertiary/aromatic N) is 2. The van der Waals surface area contributed by atoms with Crippen molar-refractivity contribution in [2.24, 2.45) is 0 Å². The van der Waals surface area contributed by atoms with Crippen molar-refractivity contribution in [2.75, 3.05) is 18.4 Å². The molecule has 0 unspecified atom stereocenters. The number of pyridine rings is 1. The van der Waals surface area contributed by atoms with E-state index in [0.717, 1.165) is 54.4 Å².